The van der Waals surface area contributed by atoms with Crippen LogP contribution in [0.5, 0.6) is 0 Å². The molecule has 0 amide bonds. The second-order valence-corrected chi connectivity index (χ2v) is 11.9. The number of hydrogen-bond donors (Lipinski definition) is 1. The normalized spacial score (nSPS) is 48.1. The number of aliphatic hydroxyl groups excluding tert-OH is 1. The number of fused-ring (bicyclic) bond motifs is 7. The van der Waals surface area contributed by atoms with E-state index in [1.165, 1.54) is 37.9 Å². The fourth-order valence-corrected chi connectivity index (χ4v) is 8.70. The largest absolute Gasteiger partial charge is 0.494 e. The van der Waals surface area contributed by atoms with E-state index >= 15 is 0 Å². The van der Waals surface area contributed by atoms with E-state index in [0.717, 1.165) is 43.4 Å². The molecule has 0 aromatic heterocycles. The first-order valence-corrected chi connectivity index (χ1v) is 12.6. The summed E-state index contributed by atoms with van der Waals surface area (Å²) in [6.45, 7) is 13.7. The summed E-state index contributed by atoms with van der Waals surface area (Å²) in [5.74, 6) is 4.89. The zero-order chi connectivity index (χ0) is 21.3. The summed E-state index contributed by atoms with van der Waals surface area (Å²) in [7, 11) is 0. The molecule has 5 aliphatic rings. The summed E-state index contributed by atoms with van der Waals surface area (Å²) >= 11 is 0. The van der Waals surface area contributed by atoms with E-state index in [2.05, 4.69) is 46.4 Å². The van der Waals surface area contributed by atoms with Crippen LogP contribution in [0.4, 0.5) is 0 Å². The van der Waals surface area contributed by atoms with Gasteiger partial charge in [-0.2, -0.15) is 0 Å². The lowest BCUT2D eigenvalue weighted by Crippen LogP contribution is -2.50. The van der Waals surface area contributed by atoms with E-state index in [0.29, 0.717) is 28.8 Å². The van der Waals surface area contributed by atoms with Crippen LogP contribution in [0.15, 0.2) is 35.6 Å². The minimum Gasteiger partial charge on any atom is -0.494 e. The molecule has 5 rings (SSSR count). The molecule has 30 heavy (non-hydrogen) atoms. The van der Waals surface area contributed by atoms with Gasteiger partial charge in [-0.3, -0.25) is 0 Å². The number of allylic oxidation sites excluding steroid dienone is 3. The second kappa shape index (κ2) is 7.26. The number of rotatable bonds is 4. The molecule has 0 aromatic carbocycles. The number of hydrogen-bond acceptors (Lipinski definition) is 2. The van der Waals surface area contributed by atoms with Crippen LogP contribution < -0.4 is 0 Å². The van der Waals surface area contributed by atoms with Gasteiger partial charge in [0.2, 0.25) is 0 Å². The van der Waals surface area contributed by atoms with Gasteiger partial charge in [0.1, 0.15) is 6.10 Å². The van der Waals surface area contributed by atoms with Crippen molar-refractivity contribution in [3.8, 4) is 0 Å². The minimum atomic E-state index is -0.107. The molecular formula is C28H42O2. The van der Waals surface area contributed by atoms with Crippen molar-refractivity contribution >= 4 is 0 Å². The first kappa shape index (κ1) is 20.9. The van der Waals surface area contributed by atoms with Crippen LogP contribution in [-0.2, 0) is 4.74 Å². The molecule has 3 fully saturated rings. The molecule has 2 nitrogen and oxygen atoms in total. The molecule has 1 heterocycles. The van der Waals surface area contributed by atoms with Gasteiger partial charge < -0.3 is 9.84 Å². The highest BCUT2D eigenvalue weighted by Gasteiger charge is 2.63. The predicted molar refractivity (Wildman–Crippen MR) is 123 cm³/mol. The van der Waals surface area contributed by atoms with E-state index in [9.17, 15) is 5.11 Å². The van der Waals surface area contributed by atoms with E-state index in [4.69, 9.17) is 4.74 Å². The Morgan fingerprint density at radius 2 is 2.07 bits per heavy atom. The van der Waals surface area contributed by atoms with Crippen LogP contribution >= 0.6 is 0 Å². The molecule has 3 saturated carbocycles. The van der Waals surface area contributed by atoms with Gasteiger partial charge in [-0.05, 0) is 98.4 Å². The summed E-state index contributed by atoms with van der Waals surface area (Å²) in [5, 5.41) is 10.2. The van der Waals surface area contributed by atoms with Crippen molar-refractivity contribution in [1.29, 1.82) is 0 Å². The van der Waals surface area contributed by atoms with Crippen molar-refractivity contribution in [2.24, 2.45) is 40.4 Å². The molecule has 0 bridgehead atoms. The Labute approximate surface area is 183 Å². The van der Waals surface area contributed by atoms with Gasteiger partial charge in [-0.25, -0.2) is 0 Å². The van der Waals surface area contributed by atoms with Crippen molar-refractivity contribution in [2.75, 3.05) is 0 Å². The Bertz CT molecular complexity index is 778. The molecule has 166 valence electrons. The third-order valence-electron chi connectivity index (χ3n) is 10.5. The minimum absolute atomic E-state index is 0.107. The lowest BCUT2D eigenvalue weighted by atomic mass is 9.47. The second-order valence-electron chi connectivity index (χ2n) is 11.9. The van der Waals surface area contributed by atoms with Crippen molar-refractivity contribution in [3.05, 3.63) is 35.6 Å². The molecule has 0 aromatic rings. The third kappa shape index (κ3) is 2.92. The maximum Gasteiger partial charge on any atom is 0.106 e. The maximum absolute atomic E-state index is 10.2. The first-order valence-electron chi connectivity index (χ1n) is 12.6. The van der Waals surface area contributed by atoms with Gasteiger partial charge in [-0.15, -0.1) is 6.58 Å². The molecule has 1 unspecified atom stereocenters. The molecular weight excluding hydrogens is 368 g/mol. The van der Waals surface area contributed by atoms with Crippen LogP contribution in [-0.4, -0.2) is 17.3 Å². The highest BCUT2D eigenvalue weighted by molar-refractivity contribution is 5.30. The van der Waals surface area contributed by atoms with Crippen LogP contribution in [0, 0.1) is 40.4 Å². The first-order chi connectivity index (χ1) is 14.3. The van der Waals surface area contributed by atoms with Crippen LogP contribution in [0.1, 0.15) is 85.5 Å². The fraction of sp³-hybridized carbons (Fsp3) is 0.786. The van der Waals surface area contributed by atoms with Crippen LogP contribution in [0.2, 0.25) is 0 Å². The van der Waals surface area contributed by atoms with Crippen molar-refractivity contribution in [1.82, 2.24) is 0 Å². The maximum atomic E-state index is 10.2. The Balaban J connectivity index is 1.39. The average Bonchev–Trinajstić information content (AvgIpc) is 3.20. The molecule has 0 spiro atoms. The van der Waals surface area contributed by atoms with Crippen molar-refractivity contribution in [2.45, 2.75) is 97.7 Å². The summed E-state index contributed by atoms with van der Waals surface area (Å²) in [5.41, 5.74) is 3.88. The lowest BCUT2D eigenvalue weighted by molar-refractivity contribution is -0.0454. The van der Waals surface area contributed by atoms with E-state index < -0.39 is 0 Å². The summed E-state index contributed by atoms with van der Waals surface area (Å²) in [6.07, 6.45) is 15.4. The highest BCUT2D eigenvalue weighted by atomic mass is 16.5. The quantitative estimate of drug-likeness (QED) is 0.516. The zero-order valence-electron chi connectivity index (χ0n) is 19.6. The summed E-state index contributed by atoms with van der Waals surface area (Å²) in [6, 6.07) is 0. The topological polar surface area (TPSA) is 29.5 Å². The Morgan fingerprint density at radius 1 is 1.27 bits per heavy atom. The molecule has 2 heteroatoms. The number of ether oxygens (including phenoxy) is 1. The van der Waals surface area contributed by atoms with Gasteiger partial charge in [0.05, 0.1) is 11.9 Å². The fourth-order valence-electron chi connectivity index (χ4n) is 8.70. The summed E-state index contributed by atoms with van der Waals surface area (Å²) < 4.78 is 6.67. The monoisotopic (exact) mass is 410 g/mol. The lowest BCUT2D eigenvalue weighted by Gasteiger charge is -2.57. The average molecular weight is 411 g/mol. The van der Waals surface area contributed by atoms with Gasteiger partial charge >= 0.3 is 0 Å². The standard InChI is InChI=1S/C28H42O2/c1-6-17(2)7-10-24-18(3)26-25(30-24)16-23-21-9-8-19-15-20(29)11-13-27(19,4)22(21)12-14-28(23,26)5/h6,8,17,20-23,25-26,29H,1,7,9-16H2,2-5H3/t17?,20-,21+,22-,23-,25-,26-,27-,28-/m0/s1. The zero-order valence-corrected chi connectivity index (χ0v) is 19.6. The highest BCUT2D eigenvalue weighted by Crippen LogP contribution is 2.68. The SMILES string of the molecule is C=CC(C)CCC1=C(C)[C@H]2[C@H](C[C@H]3[C@@H]4CC=C5C[C@@H](O)CC[C@]5(C)[C@H]4CC[C@@]32C)O1. The van der Waals surface area contributed by atoms with E-state index in [1.54, 1.807) is 11.1 Å². The molecule has 0 saturated heterocycles. The predicted octanol–water partition coefficient (Wildman–Crippen LogP) is 6.81. The Morgan fingerprint density at radius 3 is 2.83 bits per heavy atom. The molecule has 4 aliphatic carbocycles. The van der Waals surface area contributed by atoms with Crippen LogP contribution in [0.3, 0.4) is 0 Å². The smallest absolute Gasteiger partial charge is 0.106 e. The Kier molecular flexibility index (Phi) is 5.05. The number of aliphatic hydroxyl groups is 1. The molecule has 0 radical (unpaired) electrons. The van der Waals surface area contributed by atoms with E-state index in [-0.39, 0.29) is 6.10 Å². The van der Waals surface area contributed by atoms with Gasteiger partial charge in [-0.1, -0.05) is 38.5 Å². The van der Waals surface area contributed by atoms with Gasteiger partial charge in [0.25, 0.3) is 0 Å². The third-order valence-corrected chi connectivity index (χ3v) is 10.5. The summed E-state index contributed by atoms with van der Waals surface area (Å²) in [4.78, 5) is 0. The van der Waals surface area contributed by atoms with Crippen molar-refractivity contribution < 1.29 is 9.84 Å². The van der Waals surface area contributed by atoms with Gasteiger partial charge in [0.15, 0.2) is 0 Å². The van der Waals surface area contributed by atoms with Gasteiger partial charge in [0, 0.05) is 12.3 Å². The molecule has 9 atom stereocenters. The molecule has 1 N–H and O–H groups in total. The van der Waals surface area contributed by atoms with Crippen molar-refractivity contribution in [3.63, 3.8) is 0 Å². The Hall–Kier alpha value is -1.02. The van der Waals surface area contributed by atoms with Crippen LogP contribution in [0.25, 0.3) is 0 Å². The molecule has 1 aliphatic heterocycles. The van der Waals surface area contributed by atoms with E-state index in [1.807, 2.05) is 0 Å².